The van der Waals surface area contributed by atoms with Crippen molar-refractivity contribution < 1.29 is 35.0 Å². The van der Waals surface area contributed by atoms with Crippen LogP contribution in [-0.2, 0) is 27.2 Å². The van der Waals surface area contributed by atoms with Gasteiger partial charge in [0.2, 0.25) is 5.78 Å². The van der Waals surface area contributed by atoms with Crippen LogP contribution in [0.1, 0.15) is 46.4 Å². The Balaban J connectivity index is 1.46. The average Bonchev–Trinajstić information content (AvgIpc) is 3.47. The van der Waals surface area contributed by atoms with Gasteiger partial charge in [-0.15, -0.1) is 0 Å². The van der Waals surface area contributed by atoms with Crippen LogP contribution in [0, 0.1) is 11.7 Å². The van der Waals surface area contributed by atoms with E-state index >= 15 is 0 Å². The third kappa shape index (κ3) is 6.87. The first-order chi connectivity index (χ1) is 17.4. The van der Waals surface area contributed by atoms with Crippen LogP contribution in [0.4, 0.5) is 23.4 Å². The Kier molecular flexibility index (Phi) is 7.57. The van der Waals surface area contributed by atoms with E-state index < -0.39 is 33.6 Å². The molecule has 15 heteroatoms. The average molecular weight is 543 g/mol. The zero-order chi connectivity index (χ0) is 26.8. The minimum atomic E-state index is -4.75. The molecule has 1 aromatic carbocycles. The molecule has 37 heavy (non-hydrogen) atoms. The number of nitrogens with zero attached hydrogens (tertiary/aromatic N) is 4. The topological polar surface area (TPSA) is 142 Å². The molecule has 0 spiro atoms. The third-order valence-electron chi connectivity index (χ3n) is 5.89. The van der Waals surface area contributed by atoms with Crippen LogP contribution in [0.2, 0.25) is 0 Å². The number of anilines is 1. The van der Waals surface area contributed by atoms with Gasteiger partial charge >= 0.3 is 16.5 Å². The Morgan fingerprint density at radius 1 is 1.24 bits per heavy atom. The molecule has 4 rings (SSSR count). The van der Waals surface area contributed by atoms with Crippen molar-refractivity contribution in [1.29, 1.82) is 0 Å². The molecule has 2 atom stereocenters. The van der Waals surface area contributed by atoms with E-state index in [1.54, 1.807) is 0 Å². The number of ketones is 1. The van der Waals surface area contributed by atoms with Gasteiger partial charge in [-0.2, -0.15) is 26.7 Å². The van der Waals surface area contributed by atoms with Crippen LogP contribution in [0.5, 0.6) is 0 Å². The molecule has 2 aromatic heterocycles. The Bertz CT molecular complexity index is 1400. The fourth-order valence-electron chi connectivity index (χ4n) is 4.19. The van der Waals surface area contributed by atoms with Crippen LogP contribution in [0.25, 0.3) is 0 Å². The third-order valence-corrected chi connectivity index (χ3v) is 6.35. The maximum absolute atomic E-state index is 13.4. The highest BCUT2D eigenvalue weighted by Gasteiger charge is 2.34. The molecule has 3 aromatic rings. The van der Waals surface area contributed by atoms with Gasteiger partial charge in [-0.3, -0.25) is 13.7 Å². The Morgan fingerprint density at radius 3 is 2.76 bits per heavy atom. The van der Waals surface area contributed by atoms with E-state index in [0.717, 1.165) is 16.8 Å². The van der Waals surface area contributed by atoms with Crippen molar-refractivity contribution in [3.05, 3.63) is 71.2 Å². The van der Waals surface area contributed by atoms with E-state index in [0.29, 0.717) is 25.3 Å². The molecule has 1 aliphatic rings. The Hall–Kier alpha value is -3.43. The van der Waals surface area contributed by atoms with Crippen LogP contribution in [0.15, 0.2) is 43.0 Å². The second-order valence-corrected chi connectivity index (χ2v) is 9.83. The molecule has 3 N–H and O–H groups in total. The number of carbonyl (C=O) groups is 1. The van der Waals surface area contributed by atoms with Gasteiger partial charge in [-0.05, 0) is 48.9 Å². The summed E-state index contributed by atoms with van der Waals surface area (Å²) < 4.78 is 81.1. The first-order valence-corrected chi connectivity index (χ1v) is 12.5. The second-order valence-electron chi connectivity index (χ2n) is 8.61. The van der Waals surface area contributed by atoms with Gasteiger partial charge in [0.25, 0.3) is 0 Å². The zero-order valence-electron chi connectivity index (χ0n) is 19.2. The van der Waals surface area contributed by atoms with Crippen molar-refractivity contribution in [2.24, 2.45) is 11.1 Å². The van der Waals surface area contributed by atoms with Gasteiger partial charge in [0, 0.05) is 18.4 Å². The minimum Gasteiger partial charge on any atom is -0.367 e. The van der Waals surface area contributed by atoms with Crippen LogP contribution in [-0.4, -0.2) is 46.6 Å². The lowest BCUT2D eigenvalue weighted by molar-refractivity contribution is -0.138. The summed E-state index contributed by atoms with van der Waals surface area (Å²) in [5.41, 5.74) is -1.26. The van der Waals surface area contributed by atoms with E-state index in [2.05, 4.69) is 24.6 Å². The molecule has 2 heterocycles. The monoisotopic (exact) mass is 542 g/mol. The molecular weight excluding hydrogens is 520 g/mol. The number of alkyl halides is 3. The van der Waals surface area contributed by atoms with E-state index in [9.17, 15) is 30.8 Å². The highest BCUT2D eigenvalue weighted by atomic mass is 32.2. The molecule has 0 aliphatic heterocycles. The quantitative estimate of drug-likeness (QED) is 0.311. The smallest absolute Gasteiger partial charge is 0.367 e. The number of hydrogen-bond donors (Lipinski definition) is 2. The minimum absolute atomic E-state index is 0.0422. The lowest BCUT2D eigenvalue weighted by Gasteiger charge is -2.15. The molecule has 0 saturated heterocycles. The maximum atomic E-state index is 13.4. The number of aromatic nitrogens is 4. The summed E-state index contributed by atoms with van der Waals surface area (Å²) in [5, 5.41) is 12.1. The molecule has 0 unspecified atom stereocenters. The molecular formula is C22H22F4N6O4S. The normalized spacial score (nSPS) is 18.2. The first-order valence-electron chi connectivity index (χ1n) is 11.1. The van der Waals surface area contributed by atoms with Crippen molar-refractivity contribution in [2.45, 2.75) is 38.0 Å². The summed E-state index contributed by atoms with van der Waals surface area (Å²) >= 11 is 0. The fraction of sp³-hybridized carbons (Fsp3) is 0.364. The van der Waals surface area contributed by atoms with Gasteiger partial charge in [0.1, 0.15) is 23.7 Å². The largest absolute Gasteiger partial charge is 0.416 e. The number of halogens is 4. The van der Waals surface area contributed by atoms with Gasteiger partial charge in [-0.25, -0.2) is 19.5 Å². The maximum Gasteiger partial charge on any atom is 0.416 e. The van der Waals surface area contributed by atoms with Crippen molar-refractivity contribution in [3.63, 3.8) is 0 Å². The van der Waals surface area contributed by atoms with Crippen molar-refractivity contribution >= 4 is 21.9 Å². The van der Waals surface area contributed by atoms with Gasteiger partial charge in [0.05, 0.1) is 24.3 Å². The molecule has 1 fully saturated rings. The first kappa shape index (κ1) is 26.6. The summed E-state index contributed by atoms with van der Waals surface area (Å²) in [7, 11) is -4.03. The molecule has 1 saturated carbocycles. The van der Waals surface area contributed by atoms with Crippen LogP contribution in [0.3, 0.4) is 0 Å². The summed E-state index contributed by atoms with van der Waals surface area (Å²) in [4.78, 5) is 21.2. The zero-order valence-corrected chi connectivity index (χ0v) is 20.0. The van der Waals surface area contributed by atoms with Crippen molar-refractivity contribution in [1.82, 2.24) is 19.7 Å². The van der Waals surface area contributed by atoms with Crippen LogP contribution < -0.4 is 10.5 Å². The van der Waals surface area contributed by atoms with E-state index in [-0.39, 0.29) is 47.8 Å². The highest BCUT2D eigenvalue weighted by molar-refractivity contribution is 7.84. The SMILES string of the molecule is NS(=O)(=O)OC[C@@H]1CC[C@H](Nc2ncncc2C(=O)c2ccn(Cc3ccc(F)cc3C(F)(F)F)n2)C1. The fourth-order valence-corrected chi connectivity index (χ4v) is 4.57. The Labute approximate surface area is 209 Å². The number of benzene rings is 1. The van der Waals surface area contributed by atoms with Gasteiger partial charge < -0.3 is 5.32 Å². The summed E-state index contributed by atoms with van der Waals surface area (Å²) in [6, 6.07) is 3.60. The lowest BCUT2D eigenvalue weighted by Crippen LogP contribution is -2.22. The second kappa shape index (κ2) is 10.5. The molecule has 0 amide bonds. The van der Waals surface area contributed by atoms with E-state index in [1.165, 1.54) is 24.8 Å². The van der Waals surface area contributed by atoms with Gasteiger partial charge in [0.15, 0.2) is 0 Å². The van der Waals surface area contributed by atoms with E-state index in [1.807, 2.05) is 0 Å². The van der Waals surface area contributed by atoms with Crippen LogP contribution >= 0.6 is 0 Å². The number of carbonyl (C=O) groups excluding carboxylic acids is 1. The summed E-state index contributed by atoms with van der Waals surface area (Å²) in [6.07, 6.45) is 1.05. The van der Waals surface area contributed by atoms with Crippen molar-refractivity contribution in [2.75, 3.05) is 11.9 Å². The number of hydrogen-bond acceptors (Lipinski definition) is 8. The number of nitrogens with two attached hydrogens (primary N) is 1. The lowest BCUT2D eigenvalue weighted by atomic mass is 10.1. The molecule has 10 nitrogen and oxygen atoms in total. The number of nitrogens with one attached hydrogen (secondary N) is 1. The summed E-state index contributed by atoms with van der Waals surface area (Å²) in [5.74, 6) is -1.38. The molecule has 198 valence electrons. The Morgan fingerprint density at radius 2 is 2.03 bits per heavy atom. The standard InChI is InChI=1S/C22H22F4N6O4S/c23-15-3-2-14(18(8-15)22(24,25)26)10-32-6-5-19(31-32)20(33)17-9-28-12-29-21(17)30-16-4-1-13(7-16)11-36-37(27,34)35/h2-3,5-6,8-9,12-13,16H,1,4,7,10-11H2,(H2,27,34,35)(H,28,29,30)/t13-,16+/m1/s1. The highest BCUT2D eigenvalue weighted by Crippen LogP contribution is 2.33. The van der Waals surface area contributed by atoms with Crippen molar-refractivity contribution in [3.8, 4) is 0 Å². The predicted molar refractivity (Wildman–Crippen MR) is 122 cm³/mol. The molecule has 1 aliphatic carbocycles. The van der Waals surface area contributed by atoms with E-state index in [4.69, 9.17) is 5.14 Å². The number of rotatable bonds is 9. The molecule has 0 bridgehead atoms. The van der Waals surface area contributed by atoms with Gasteiger partial charge in [-0.1, -0.05) is 6.07 Å². The predicted octanol–water partition coefficient (Wildman–Crippen LogP) is 2.91. The summed E-state index contributed by atoms with van der Waals surface area (Å²) in [6.45, 7) is -0.378. The molecule has 0 radical (unpaired) electrons.